The van der Waals surface area contributed by atoms with Crippen LogP contribution in [0.4, 0.5) is 11.5 Å². The van der Waals surface area contributed by atoms with Crippen molar-refractivity contribution in [1.29, 1.82) is 0 Å². The fourth-order valence-corrected chi connectivity index (χ4v) is 2.83. The van der Waals surface area contributed by atoms with Gasteiger partial charge >= 0.3 is 0 Å². The van der Waals surface area contributed by atoms with Gasteiger partial charge in [0, 0.05) is 11.9 Å². The Kier molecular flexibility index (Phi) is 3.71. The van der Waals surface area contributed by atoms with E-state index in [0.29, 0.717) is 17.1 Å². The number of nitrogens with one attached hydrogen (secondary N) is 1. The SMILES string of the molecule is Cc1ccnc(NS(=O)(=O)Cc2ccccc2N)c1. The first-order chi connectivity index (χ1) is 8.96. The minimum Gasteiger partial charge on any atom is -0.398 e. The average molecular weight is 277 g/mol. The molecule has 0 bridgehead atoms. The zero-order valence-corrected chi connectivity index (χ0v) is 11.3. The number of hydrogen-bond acceptors (Lipinski definition) is 4. The Morgan fingerprint density at radius 2 is 2.00 bits per heavy atom. The largest absolute Gasteiger partial charge is 0.398 e. The first-order valence-electron chi connectivity index (χ1n) is 5.73. The summed E-state index contributed by atoms with van der Waals surface area (Å²) in [4.78, 5) is 3.97. The summed E-state index contributed by atoms with van der Waals surface area (Å²) in [5.41, 5.74) is 7.71. The summed E-state index contributed by atoms with van der Waals surface area (Å²) in [6.07, 6.45) is 1.56. The topological polar surface area (TPSA) is 85.1 Å². The molecule has 0 amide bonds. The molecule has 2 aromatic rings. The van der Waals surface area contributed by atoms with Crippen molar-refractivity contribution >= 4 is 21.5 Å². The second-order valence-electron chi connectivity index (χ2n) is 4.28. The molecule has 5 nitrogen and oxygen atoms in total. The molecule has 100 valence electrons. The number of anilines is 2. The number of benzene rings is 1. The van der Waals surface area contributed by atoms with Crippen molar-refractivity contribution in [3.8, 4) is 0 Å². The molecule has 0 unspecified atom stereocenters. The Labute approximate surface area is 112 Å². The maximum atomic E-state index is 12.0. The predicted molar refractivity (Wildman–Crippen MR) is 76.1 cm³/mol. The highest BCUT2D eigenvalue weighted by molar-refractivity contribution is 7.91. The van der Waals surface area contributed by atoms with E-state index < -0.39 is 10.0 Å². The third kappa shape index (κ3) is 3.69. The van der Waals surface area contributed by atoms with E-state index in [4.69, 9.17) is 5.73 Å². The molecule has 0 spiro atoms. The molecule has 1 heterocycles. The Bertz CT molecular complexity index is 684. The summed E-state index contributed by atoms with van der Waals surface area (Å²) >= 11 is 0. The summed E-state index contributed by atoms with van der Waals surface area (Å²) in [5.74, 6) is 0.143. The molecular weight excluding hydrogens is 262 g/mol. The van der Waals surface area contributed by atoms with Crippen molar-refractivity contribution in [3.63, 3.8) is 0 Å². The van der Waals surface area contributed by atoms with Gasteiger partial charge < -0.3 is 5.73 Å². The fraction of sp³-hybridized carbons (Fsp3) is 0.154. The highest BCUT2D eigenvalue weighted by atomic mass is 32.2. The minimum atomic E-state index is -3.52. The van der Waals surface area contributed by atoms with Gasteiger partial charge in [0.2, 0.25) is 10.0 Å². The number of nitrogen functional groups attached to an aromatic ring is 1. The molecule has 0 fully saturated rings. The quantitative estimate of drug-likeness (QED) is 0.836. The summed E-state index contributed by atoms with van der Waals surface area (Å²) in [6.45, 7) is 1.87. The monoisotopic (exact) mass is 277 g/mol. The third-order valence-electron chi connectivity index (χ3n) is 2.58. The summed E-state index contributed by atoms with van der Waals surface area (Å²) in [6, 6.07) is 10.4. The van der Waals surface area contributed by atoms with E-state index in [2.05, 4.69) is 9.71 Å². The van der Waals surface area contributed by atoms with Gasteiger partial charge in [-0.25, -0.2) is 13.4 Å². The first-order valence-corrected chi connectivity index (χ1v) is 7.38. The van der Waals surface area contributed by atoms with Crippen molar-refractivity contribution in [3.05, 3.63) is 53.7 Å². The van der Waals surface area contributed by atoms with Gasteiger partial charge in [0.05, 0.1) is 5.75 Å². The Balaban J connectivity index is 2.18. The minimum absolute atomic E-state index is 0.171. The molecule has 6 heteroatoms. The molecule has 2 rings (SSSR count). The molecular formula is C13H15N3O2S. The van der Waals surface area contributed by atoms with Crippen LogP contribution in [-0.4, -0.2) is 13.4 Å². The van der Waals surface area contributed by atoms with E-state index >= 15 is 0 Å². The zero-order chi connectivity index (χ0) is 13.9. The second kappa shape index (κ2) is 5.27. The number of para-hydroxylation sites is 1. The molecule has 0 saturated carbocycles. The molecule has 0 aliphatic carbocycles. The van der Waals surface area contributed by atoms with Crippen LogP contribution in [0.1, 0.15) is 11.1 Å². The van der Waals surface area contributed by atoms with Crippen LogP contribution in [0.5, 0.6) is 0 Å². The van der Waals surface area contributed by atoms with Gasteiger partial charge in [0.1, 0.15) is 5.82 Å². The lowest BCUT2D eigenvalue weighted by atomic mass is 10.2. The van der Waals surface area contributed by atoms with Gasteiger partial charge in [0.15, 0.2) is 0 Å². The number of rotatable bonds is 4. The molecule has 3 N–H and O–H groups in total. The molecule has 0 saturated heterocycles. The highest BCUT2D eigenvalue weighted by Gasteiger charge is 2.14. The van der Waals surface area contributed by atoms with Crippen molar-refractivity contribution in [2.45, 2.75) is 12.7 Å². The van der Waals surface area contributed by atoms with Crippen molar-refractivity contribution in [2.24, 2.45) is 0 Å². The molecule has 19 heavy (non-hydrogen) atoms. The molecule has 1 aromatic heterocycles. The van der Waals surface area contributed by atoms with E-state index in [1.54, 1.807) is 42.6 Å². The zero-order valence-electron chi connectivity index (χ0n) is 10.5. The molecule has 0 aliphatic heterocycles. The van der Waals surface area contributed by atoms with Crippen LogP contribution in [0.3, 0.4) is 0 Å². The number of aromatic nitrogens is 1. The van der Waals surface area contributed by atoms with E-state index in [-0.39, 0.29) is 5.75 Å². The van der Waals surface area contributed by atoms with Gasteiger partial charge in [-0.15, -0.1) is 0 Å². The third-order valence-corrected chi connectivity index (χ3v) is 3.79. The molecule has 0 aliphatic rings. The number of pyridine rings is 1. The van der Waals surface area contributed by atoms with Crippen LogP contribution in [-0.2, 0) is 15.8 Å². The lowest BCUT2D eigenvalue weighted by molar-refractivity contribution is 0.600. The molecule has 1 aromatic carbocycles. The smallest absolute Gasteiger partial charge is 0.238 e. The highest BCUT2D eigenvalue weighted by Crippen LogP contribution is 2.16. The normalized spacial score (nSPS) is 11.2. The van der Waals surface area contributed by atoms with Gasteiger partial charge in [0.25, 0.3) is 0 Å². The van der Waals surface area contributed by atoms with E-state index in [1.807, 2.05) is 6.92 Å². The van der Waals surface area contributed by atoms with Gasteiger partial charge in [-0.2, -0.15) is 0 Å². The average Bonchev–Trinajstić information content (AvgIpc) is 2.31. The Hall–Kier alpha value is -2.08. The Morgan fingerprint density at radius 1 is 1.26 bits per heavy atom. The number of hydrogen-bond donors (Lipinski definition) is 2. The maximum absolute atomic E-state index is 12.0. The lowest BCUT2D eigenvalue weighted by Gasteiger charge is -2.09. The van der Waals surface area contributed by atoms with Crippen LogP contribution in [0.2, 0.25) is 0 Å². The summed E-state index contributed by atoms with van der Waals surface area (Å²) < 4.78 is 26.5. The van der Waals surface area contributed by atoms with E-state index in [0.717, 1.165) is 5.56 Å². The standard InChI is InChI=1S/C13H15N3O2S/c1-10-6-7-15-13(8-10)16-19(17,18)9-11-4-2-3-5-12(11)14/h2-8H,9,14H2,1H3,(H,15,16). The fourth-order valence-electron chi connectivity index (χ4n) is 1.66. The number of aryl methyl sites for hydroxylation is 1. The summed E-state index contributed by atoms with van der Waals surface area (Å²) in [5, 5.41) is 0. The van der Waals surface area contributed by atoms with E-state index in [1.165, 1.54) is 0 Å². The first kappa shape index (κ1) is 13.4. The van der Waals surface area contributed by atoms with Crippen molar-refractivity contribution in [2.75, 3.05) is 10.5 Å². The second-order valence-corrected chi connectivity index (χ2v) is 6.00. The van der Waals surface area contributed by atoms with Crippen LogP contribution < -0.4 is 10.5 Å². The van der Waals surface area contributed by atoms with Crippen LogP contribution in [0, 0.1) is 6.92 Å². The van der Waals surface area contributed by atoms with Crippen molar-refractivity contribution < 1.29 is 8.42 Å². The number of nitrogens with two attached hydrogens (primary N) is 1. The van der Waals surface area contributed by atoms with Gasteiger partial charge in [-0.1, -0.05) is 18.2 Å². The molecule has 0 radical (unpaired) electrons. The number of nitrogens with zero attached hydrogens (tertiary/aromatic N) is 1. The van der Waals surface area contributed by atoms with Gasteiger partial charge in [-0.05, 0) is 36.2 Å². The van der Waals surface area contributed by atoms with Crippen LogP contribution in [0.15, 0.2) is 42.6 Å². The van der Waals surface area contributed by atoms with Gasteiger partial charge in [-0.3, -0.25) is 4.72 Å². The predicted octanol–water partition coefficient (Wildman–Crippen LogP) is 1.91. The number of sulfonamides is 1. The molecule has 0 atom stereocenters. The summed E-state index contributed by atoms with van der Waals surface area (Å²) in [7, 11) is -3.52. The Morgan fingerprint density at radius 3 is 2.68 bits per heavy atom. The van der Waals surface area contributed by atoms with Crippen LogP contribution in [0.25, 0.3) is 0 Å². The van der Waals surface area contributed by atoms with Crippen molar-refractivity contribution in [1.82, 2.24) is 4.98 Å². The maximum Gasteiger partial charge on any atom is 0.238 e. The van der Waals surface area contributed by atoms with Crippen LogP contribution >= 0.6 is 0 Å². The lowest BCUT2D eigenvalue weighted by Crippen LogP contribution is -2.16. The van der Waals surface area contributed by atoms with E-state index in [9.17, 15) is 8.42 Å².